The molecule has 0 aromatic carbocycles. The molecule has 2 aromatic rings. The zero-order valence-corrected chi connectivity index (χ0v) is 15.4. The predicted molar refractivity (Wildman–Crippen MR) is 98.6 cm³/mol. The molecule has 1 aliphatic carbocycles. The molecule has 132 valence electrons. The van der Waals surface area contributed by atoms with Crippen molar-refractivity contribution in [2.45, 2.75) is 38.6 Å². The van der Waals surface area contributed by atoms with Gasteiger partial charge in [-0.15, -0.1) is 11.3 Å². The van der Waals surface area contributed by atoms with Crippen molar-refractivity contribution in [3.8, 4) is 0 Å². The summed E-state index contributed by atoms with van der Waals surface area (Å²) in [5, 5.41) is 2.02. The lowest BCUT2D eigenvalue weighted by molar-refractivity contribution is 0.0730. The second-order valence-corrected chi connectivity index (χ2v) is 7.91. The molecule has 0 saturated carbocycles. The molecule has 0 unspecified atom stereocenters. The lowest BCUT2D eigenvalue weighted by atomic mass is 9.95. The zero-order valence-electron chi connectivity index (χ0n) is 14.6. The zero-order chi connectivity index (χ0) is 17.6. The standard InChI is InChI=1S/C18H22N4O2S/c1-21(2)18-19-14-9-22(8-7-12(14)16(23)20-18)17(24)13-10-25-15-6-4-3-5-11(13)15/h10H,3-9H2,1-2H3,(H,19,20,23). The van der Waals surface area contributed by atoms with Crippen LogP contribution in [0.15, 0.2) is 10.2 Å². The molecule has 4 rings (SSSR count). The average Bonchev–Trinajstić information content (AvgIpc) is 3.04. The maximum atomic E-state index is 13.1. The van der Waals surface area contributed by atoms with Gasteiger partial charge >= 0.3 is 0 Å². The van der Waals surface area contributed by atoms with E-state index in [0.29, 0.717) is 31.0 Å². The number of aromatic nitrogens is 2. The van der Waals surface area contributed by atoms with Crippen molar-refractivity contribution in [1.82, 2.24) is 14.9 Å². The quantitative estimate of drug-likeness (QED) is 0.891. The number of nitrogens with zero attached hydrogens (tertiary/aromatic N) is 3. The Morgan fingerprint density at radius 2 is 2.04 bits per heavy atom. The normalized spacial score (nSPS) is 16.3. The van der Waals surface area contributed by atoms with Crippen LogP contribution in [0.3, 0.4) is 0 Å². The predicted octanol–water partition coefficient (Wildman–Crippen LogP) is 1.97. The number of aromatic amines is 1. The van der Waals surface area contributed by atoms with Crippen LogP contribution in [-0.4, -0.2) is 41.4 Å². The van der Waals surface area contributed by atoms with Gasteiger partial charge in [-0.2, -0.15) is 0 Å². The van der Waals surface area contributed by atoms with Crippen LogP contribution in [0.5, 0.6) is 0 Å². The second kappa shape index (κ2) is 6.29. The number of hydrogen-bond donors (Lipinski definition) is 1. The Morgan fingerprint density at radius 3 is 2.84 bits per heavy atom. The topological polar surface area (TPSA) is 69.3 Å². The van der Waals surface area contributed by atoms with Crippen molar-refractivity contribution in [1.29, 1.82) is 0 Å². The summed E-state index contributed by atoms with van der Waals surface area (Å²) in [7, 11) is 3.68. The number of H-pyrrole nitrogens is 1. The molecule has 0 fully saturated rings. The monoisotopic (exact) mass is 358 g/mol. The number of anilines is 1. The number of thiophene rings is 1. The van der Waals surface area contributed by atoms with Gasteiger partial charge in [0.1, 0.15) is 0 Å². The second-order valence-electron chi connectivity index (χ2n) is 6.94. The first-order valence-electron chi connectivity index (χ1n) is 8.72. The first-order chi connectivity index (χ1) is 12.0. The molecule has 2 aromatic heterocycles. The minimum atomic E-state index is -0.0892. The Kier molecular flexibility index (Phi) is 4.11. The molecule has 2 aliphatic rings. The van der Waals surface area contributed by atoms with E-state index < -0.39 is 0 Å². The molecular formula is C18H22N4O2S. The fourth-order valence-corrected chi connectivity index (χ4v) is 4.77. The van der Waals surface area contributed by atoms with E-state index in [1.807, 2.05) is 24.4 Å². The molecule has 1 amide bonds. The molecule has 1 N–H and O–H groups in total. The fraction of sp³-hybridized carbons (Fsp3) is 0.500. The van der Waals surface area contributed by atoms with E-state index >= 15 is 0 Å². The summed E-state index contributed by atoms with van der Waals surface area (Å²) in [5.74, 6) is 0.615. The van der Waals surface area contributed by atoms with E-state index in [-0.39, 0.29) is 11.5 Å². The maximum absolute atomic E-state index is 13.1. The van der Waals surface area contributed by atoms with Crippen molar-refractivity contribution in [3.05, 3.63) is 43.0 Å². The van der Waals surface area contributed by atoms with Gasteiger partial charge < -0.3 is 9.80 Å². The van der Waals surface area contributed by atoms with Crippen molar-refractivity contribution in [2.75, 3.05) is 25.5 Å². The lowest BCUT2D eigenvalue weighted by Crippen LogP contribution is -2.39. The van der Waals surface area contributed by atoms with Gasteiger partial charge in [0.15, 0.2) is 0 Å². The smallest absolute Gasteiger partial charge is 0.255 e. The molecule has 0 bridgehead atoms. The van der Waals surface area contributed by atoms with Crippen LogP contribution in [0.4, 0.5) is 5.95 Å². The Morgan fingerprint density at radius 1 is 1.24 bits per heavy atom. The van der Waals surface area contributed by atoms with E-state index in [1.54, 1.807) is 16.2 Å². The molecule has 1 aliphatic heterocycles. The number of aryl methyl sites for hydroxylation is 1. The van der Waals surface area contributed by atoms with E-state index in [2.05, 4.69) is 9.97 Å². The summed E-state index contributed by atoms with van der Waals surface area (Å²) < 4.78 is 0. The third-order valence-electron chi connectivity index (χ3n) is 5.06. The van der Waals surface area contributed by atoms with Gasteiger partial charge in [-0.25, -0.2) is 4.98 Å². The number of carbonyl (C=O) groups is 1. The van der Waals surface area contributed by atoms with Crippen LogP contribution in [0.25, 0.3) is 0 Å². The SMILES string of the molecule is CN(C)c1nc2c(c(=O)[nH]1)CCN(C(=O)c1csc3c1CCCC3)C2. The first kappa shape index (κ1) is 16.3. The lowest BCUT2D eigenvalue weighted by Gasteiger charge is -2.28. The minimum absolute atomic E-state index is 0.0820. The summed E-state index contributed by atoms with van der Waals surface area (Å²) in [6, 6.07) is 0. The van der Waals surface area contributed by atoms with Crippen molar-refractivity contribution >= 4 is 23.2 Å². The van der Waals surface area contributed by atoms with Crippen molar-refractivity contribution in [2.24, 2.45) is 0 Å². The number of nitrogens with one attached hydrogen (secondary N) is 1. The fourth-order valence-electron chi connectivity index (χ4n) is 3.66. The molecule has 7 heteroatoms. The van der Waals surface area contributed by atoms with Gasteiger partial charge in [0, 0.05) is 36.5 Å². The Bertz CT molecular complexity index is 884. The number of rotatable bonds is 2. The largest absolute Gasteiger partial charge is 0.348 e. The minimum Gasteiger partial charge on any atom is -0.348 e. The summed E-state index contributed by atoms with van der Waals surface area (Å²) in [4.78, 5) is 37.7. The molecule has 0 spiro atoms. The highest BCUT2D eigenvalue weighted by atomic mass is 32.1. The van der Waals surface area contributed by atoms with E-state index in [4.69, 9.17) is 0 Å². The number of amides is 1. The molecule has 0 saturated heterocycles. The van der Waals surface area contributed by atoms with E-state index in [1.165, 1.54) is 16.9 Å². The van der Waals surface area contributed by atoms with Crippen LogP contribution < -0.4 is 10.5 Å². The molecule has 6 nitrogen and oxygen atoms in total. The maximum Gasteiger partial charge on any atom is 0.255 e. The highest BCUT2D eigenvalue weighted by Gasteiger charge is 2.28. The number of fused-ring (bicyclic) bond motifs is 2. The third kappa shape index (κ3) is 2.86. The van der Waals surface area contributed by atoms with Gasteiger partial charge in [0.05, 0.1) is 17.8 Å². The Labute approximate surface area is 150 Å². The van der Waals surface area contributed by atoms with E-state index in [0.717, 1.165) is 30.5 Å². The van der Waals surface area contributed by atoms with Gasteiger partial charge in [-0.05, 0) is 37.7 Å². The number of hydrogen-bond acceptors (Lipinski definition) is 5. The molecule has 25 heavy (non-hydrogen) atoms. The van der Waals surface area contributed by atoms with Crippen molar-refractivity contribution < 1.29 is 4.79 Å². The first-order valence-corrected chi connectivity index (χ1v) is 9.60. The van der Waals surface area contributed by atoms with Gasteiger partial charge in [-0.1, -0.05) is 0 Å². The highest BCUT2D eigenvalue weighted by molar-refractivity contribution is 7.10. The van der Waals surface area contributed by atoms with Gasteiger partial charge in [0.25, 0.3) is 11.5 Å². The van der Waals surface area contributed by atoms with Crippen LogP contribution in [0.1, 0.15) is 44.9 Å². The molecular weight excluding hydrogens is 336 g/mol. The molecule has 0 atom stereocenters. The molecule has 3 heterocycles. The number of carbonyl (C=O) groups excluding carboxylic acids is 1. The summed E-state index contributed by atoms with van der Waals surface area (Å²) in [6.07, 6.45) is 5.05. The average molecular weight is 358 g/mol. The van der Waals surface area contributed by atoms with Crippen LogP contribution in [-0.2, 0) is 25.8 Å². The highest BCUT2D eigenvalue weighted by Crippen LogP contribution is 2.31. The summed E-state index contributed by atoms with van der Waals surface area (Å²) in [6.45, 7) is 0.978. The van der Waals surface area contributed by atoms with Crippen LogP contribution in [0, 0.1) is 0 Å². The van der Waals surface area contributed by atoms with Gasteiger partial charge in [-0.3, -0.25) is 14.6 Å². The summed E-state index contributed by atoms with van der Waals surface area (Å²) >= 11 is 1.71. The summed E-state index contributed by atoms with van der Waals surface area (Å²) in [5.41, 5.74) is 3.45. The van der Waals surface area contributed by atoms with Crippen LogP contribution >= 0.6 is 11.3 Å². The Balaban J connectivity index is 1.63. The van der Waals surface area contributed by atoms with E-state index in [9.17, 15) is 9.59 Å². The third-order valence-corrected chi connectivity index (χ3v) is 6.15. The molecule has 0 radical (unpaired) electrons. The van der Waals surface area contributed by atoms with Gasteiger partial charge in [0.2, 0.25) is 5.95 Å². The Hall–Kier alpha value is -2.15. The van der Waals surface area contributed by atoms with Crippen molar-refractivity contribution in [3.63, 3.8) is 0 Å². The van der Waals surface area contributed by atoms with Crippen LogP contribution in [0.2, 0.25) is 0 Å².